The van der Waals surface area contributed by atoms with Crippen LogP contribution in [0.2, 0.25) is 0 Å². The van der Waals surface area contributed by atoms with Gasteiger partial charge in [-0.25, -0.2) is 0 Å². The van der Waals surface area contributed by atoms with E-state index in [2.05, 4.69) is 12.2 Å². The van der Waals surface area contributed by atoms with Gasteiger partial charge in [-0.1, -0.05) is 6.92 Å². The molecule has 102 valence electrons. The first-order chi connectivity index (χ1) is 8.74. The molecule has 1 aromatic rings. The molecular formula is C14H23NO3. The van der Waals surface area contributed by atoms with E-state index in [0.29, 0.717) is 19.8 Å². The maximum atomic E-state index is 9.84. The van der Waals surface area contributed by atoms with Crippen molar-refractivity contribution in [3.63, 3.8) is 0 Å². The van der Waals surface area contributed by atoms with Crippen molar-refractivity contribution in [3.05, 3.63) is 24.2 Å². The molecule has 1 heterocycles. The zero-order chi connectivity index (χ0) is 12.8. The lowest BCUT2D eigenvalue weighted by Crippen LogP contribution is -2.53. The molecule has 2 N–H and O–H groups in total. The van der Waals surface area contributed by atoms with Crippen molar-refractivity contribution in [3.8, 4) is 0 Å². The first-order valence-corrected chi connectivity index (χ1v) is 6.77. The SMILES string of the molecule is CCC1(NCC(O)COCc2ccco2)CCC1. The van der Waals surface area contributed by atoms with Gasteiger partial charge in [-0.2, -0.15) is 0 Å². The second kappa shape index (κ2) is 6.36. The van der Waals surface area contributed by atoms with E-state index in [-0.39, 0.29) is 5.54 Å². The highest BCUT2D eigenvalue weighted by Crippen LogP contribution is 2.34. The predicted molar refractivity (Wildman–Crippen MR) is 69.2 cm³/mol. The summed E-state index contributed by atoms with van der Waals surface area (Å²) in [7, 11) is 0. The predicted octanol–water partition coefficient (Wildman–Crippen LogP) is 2.08. The molecule has 2 rings (SSSR count). The summed E-state index contributed by atoms with van der Waals surface area (Å²) in [5.41, 5.74) is 0.280. The lowest BCUT2D eigenvalue weighted by Gasteiger charge is -2.42. The number of hydrogen-bond acceptors (Lipinski definition) is 4. The van der Waals surface area contributed by atoms with Crippen LogP contribution in [0, 0.1) is 0 Å². The Morgan fingerprint density at radius 1 is 1.56 bits per heavy atom. The Labute approximate surface area is 108 Å². The quantitative estimate of drug-likeness (QED) is 0.745. The molecule has 1 aromatic heterocycles. The molecule has 1 aliphatic carbocycles. The minimum atomic E-state index is -0.455. The van der Waals surface area contributed by atoms with Gasteiger partial charge >= 0.3 is 0 Å². The van der Waals surface area contributed by atoms with E-state index in [0.717, 1.165) is 12.2 Å². The normalized spacial score (nSPS) is 19.4. The van der Waals surface area contributed by atoms with Crippen molar-refractivity contribution in [2.24, 2.45) is 0 Å². The van der Waals surface area contributed by atoms with Gasteiger partial charge in [0.05, 0.1) is 19.0 Å². The summed E-state index contributed by atoms with van der Waals surface area (Å²) < 4.78 is 10.6. The van der Waals surface area contributed by atoms with Crippen molar-refractivity contribution >= 4 is 0 Å². The number of rotatable bonds is 8. The minimum absolute atomic E-state index is 0.280. The topological polar surface area (TPSA) is 54.6 Å². The highest BCUT2D eigenvalue weighted by atomic mass is 16.5. The van der Waals surface area contributed by atoms with Crippen molar-refractivity contribution in [1.82, 2.24) is 5.32 Å². The Balaban J connectivity index is 1.59. The maximum Gasteiger partial charge on any atom is 0.129 e. The number of nitrogens with one attached hydrogen (secondary N) is 1. The summed E-state index contributed by atoms with van der Waals surface area (Å²) in [5.74, 6) is 0.791. The third-order valence-corrected chi connectivity index (χ3v) is 3.83. The van der Waals surface area contributed by atoms with Gasteiger partial charge in [-0.05, 0) is 37.8 Å². The molecule has 0 aromatic carbocycles. The van der Waals surface area contributed by atoms with Gasteiger partial charge in [-0.3, -0.25) is 0 Å². The Kier molecular flexibility index (Phi) is 4.80. The fourth-order valence-electron chi connectivity index (χ4n) is 2.34. The molecule has 1 saturated carbocycles. The molecule has 0 radical (unpaired) electrons. The van der Waals surface area contributed by atoms with E-state index in [1.807, 2.05) is 12.1 Å². The molecule has 0 aliphatic heterocycles. The number of ether oxygens (including phenoxy) is 1. The second-order valence-corrected chi connectivity index (χ2v) is 5.12. The Morgan fingerprint density at radius 2 is 2.39 bits per heavy atom. The summed E-state index contributed by atoms with van der Waals surface area (Å²) in [6, 6.07) is 3.70. The van der Waals surface area contributed by atoms with Crippen molar-refractivity contribution in [1.29, 1.82) is 0 Å². The van der Waals surface area contributed by atoms with E-state index >= 15 is 0 Å². The maximum absolute atomic E-state index is 9.84. The molecule has 1 aliphatic rings. The molecule has 1 atom stereocenters. The van der Waals surface area contributed by atoms with Crippen LogP contribution >= 0.6 is 0 Å². The highest BCUT2D eigenvalue weighted by molar-refractivity contribution is 4.96. The molecule has 1 unspecified atom stereocenters. The standard InChI is InChI=1S/C14H23NO3/c1-2-14(6-4-7-14)15-9-12(16)10-17-11-13-5-3-8-18-13/h3,5,8,12,15-16H,2,4,6-7,9-11H2,1H3. The summed E-state index contributed by atoms with van der Waals surface area (Å²) in [4.78, 5) is 0. The van der Waals surface area contributed by atoms with E-state index in [1.165, 1.54) is 19.3 Å². The van der Waals surface area contributed by atoms with Crippen LogP contribution in [0.5, 0.6) is 0 Å². The number of β-amino-alcohol motifs (C(OH)–C–C–N with tert-alkyl or cyclic N) is 1. The van der Waals surface area contributed by atoms with Gasteiger partial charge in [0.25, 0.3) is 0 Å². The van der Waals surface area contributed by atoms with E-state index in [4.69, 9.17) is 9.15 Å². The van der Waals surface area contributed by atoms with Gasteiger partial charge in [0.1, 0.15) is 12.4 Å². The lowest BCUT2D eigenvalue weighted by molar-refractivity contribution is 0.0148. The summed E-state index contributed by atoms with van der Waals surface area (Å²) >= 11 is 0. The van der Waals surface area contributed by atoms with Crippen LogP contribution in [0.1, 0.15) is 38.4 Å². The summed E-state index contributed by atoms with van der Waals surface area (Å²) in [5, 5.41) is 13.3. The van der Waals surface area contributed by atoms with Crippen LogP contribution in [-0.4, -0.2) is 29.9 Å². The summed E-state index contributed by atoms with van der Waals surface area (Å²) in [6.45, 7) is 3.56. The Bertz CT molecular complexity index is 327. The third kappa shape index (κ3) is 3.57. The smallest absolute Gasteiger partial charge is 0.129 e. The zero-order valence-corrected chi connectivity index (χ0v) is 11.0. The van der Waals surface area contributed by atoms with Gasteiger partial charge in [0.15, 0.2) is 0 Å². The average molecular weight is 253 g/mol. The van der Waals surface area contributed by atoms with Crippen LogP contribution in [0.25, 0.3) is 0 Å². The van der Waals surface area contributed by atoms with E-state index < -0.39 is 6.10 Å². The Hall–Kier alpha value is -0.840. The van der Waals surface area contributed by atoms with Crippen molar-refractivity contribution in [2.45, 2.75) is 50.9 Å². The largest absolute Gasteiger partial charge is 0.467 e. The third-order valence-electron chi connectivity index (χ3n) is 3.83. The van der Waals surface area contributed by atoms with Gasteiger partial charge in [0, 0.05) is 12.1 Å². The van der Waals surface area contributed by atoms with Crippen molar-refractivity contribution < 1.29 is 14.3 Å². The van der Waals surface area contributed by atoms with Crippen LogP contribution < -0.4 is 5.32 Å². The first-order valence-electron chi connectivity index (χ1n) is 6.77. The Morgan fingerprint density at radius 3 is 2.94 bits per heavy atom. The molecule has 0 amide bonds. The number of aliphatic hydroxyl groups excluding tert-OH is 1. The molecule has 0 bridgehead atoms. The molecule has 1 fully saturated rings. The average Bonchev–Trinajstić information content (AvgIpc) is 2.81. The molecule has 0 spiro atoms. The van der Waals surface area contributed by atoms with E-state index in [9.17, 15) is 5.11 Å². The fraction of sp³-hybridized carbons (Fsp3) is 0.714. The van der Waals surface area contributed by atoms with Gasteiger partial charge in [-0.15, -0.1) is 0 Å². The minimum Gasteiger partial charge on any atom is -0.467 e. The number of hydrogen-bond donors (Lipinski definition) is 2. The number of furan rings is 1. The van der Waals surface area contributed by atoms with Crippen LogP contribution in [-0.2, 0) is 11.3 Å². The molecular weight excluding hydrogens is 230 g/mol. The van der Waals surface area contributed by atoms with Crippen molar-refractivity contribution in [2.75, 3.05) is 13.2 Å². The summed E-state index contributed by atoms with van der Waals surface area (Å²) in [6.07, 6.45) is 6.05. The molecule has 4 nitrogen and oxygen atoms in total. The molecule has 0 saturated heterocycles. The second-order valence-electron chi connectivity index (χ2n) is 5.12. The van der Waals surface area contributed by atoms with Crippen LogP contribution in [0.3, 0.4) is 0 Å². The van der Waals surface area contributed by atoms with Gasteiger partial charge < -0.3 is 19.6 Å². The van der Waals surface area contributed by atoms with Gasteiger partial charge in [0.2, 0.25) is 0 Å². The number of aliphatic hydroxyl groups is 1. The first kappa shape index (κ1) is 13.6. The monoisotopic (exact) mass is 253 g/mol. The lowest BCUT2D eigenvalue weighted by atomic mass is 9.75. The highest BCUT2D eigenvalue weighted by Gasteiger charge is 2.34. The molecule has 18 heavy (non-hydrogen) atoms. The fourth-order valence-corrected chi connectivity index (χ4v) is 2.34. The molecule has 4 heteroatoms. The van der Waals surface area contributed by atoms with E-state index in [1.54, 1.807) is 6.26 Å². The zero-order valence-electron chi connectivity index (χ0n) is 11.0. The van der Waals surface area contributed by atoms with Crippen LogP contribution in [0.15, 0.2) is 22.8 Å². The van der Waals surface area contributed by atoms with Crippen LogP contribution in [0.4, 0.5) is 0 Å².